The molecule has 5 fully saturated rings. The summed E-state index contributed by atoms with van der Waals surface area (Å²) < 4.78 is 5.18. The zero-order valence-corrected chi connectivity index (χ0v) is 17.2. The van der Waals surface area contributed by atoms with Crippen molar-refractivity contribution in [2.75, 3.05) is 24.7 Å². The lowest BCUT2D eigenvalue weighted by atomic mass is 9.49. The van der Waals surface area contributed by atoms with E-state index in [4.69, 9.17) is 10.5 Å². The Morgan fingerprint density at radius 3 is 2.38 bits per heavy atom. The van der Waals surface area contributed by atoms with Gasteiger partial charge in [0, 0.05) is 12.2 Å². The maximum atomic E-state index is 13.7. The molecule has 1 unspecified atom stereocenters. The van der Waals surface area contributed by atoms with E-state index in [9.17, 15) is 9.59 Å². The van der Waals surface area contributed by atoms with Crippen LogP contribution >= 0.6 is 0 Å². The number of hydrogen-bond acceptors (Lipinski definition) is 4. The monoisotopic (exact) mass is 397 g/mol. The molecule has 3 N–H and O–H groups in total. The first-order valence-electron chi connectivity index (χ1n) is 11.0. The largest absolute Gasteiger partial charge is 0.495 e. The van der Waals surface area contributed by atoms with E-state index in [0.29, 0.717) is 23.7 Å². The topological polar surface area (TPSA) is 84.7 Å². The van der Waals surface area contributed by atoms with Gasteiger partial charge in [0.25, 0.3) is 0 Å². The van der Waals surface area contributed by atoms with E-state index in [1.54, 1.807) is 25.3 Å². The normalized spacial score (nSPS) is 35.0. The Morgan fingerprint density at radius 1 is 1.14 bits per heavy atom. The van der Waals surface area contributed by atoms with Gasteiger partial charge in [-0.1, -0.05) is 0 Å². The number of carbonyl (C=O) groups excluding carboxylic acids is 2. The van der Waals surface area contributed by atoms with E-state index in [2.05, 4.69) is 5.32 Å². The quantitative estimate of drug-likeness (QED) is 0.763. The lowest BCUT2D eigenvalue weighted by molar-refractivity contribution is -0.160. The average Bonchev–Trinajstić information content (AvgIpc) is 3.16. The average molecular weight is 398 g/mol. The van der Waals surface area contributed by atoms with E-state index in [1.165, 1.54) is 19.3 Å². The number of ether oxygens (including phenoxy) is 1. The zero-order valence-electron chi connectivity index (χ0n) is 17.2. The Kier molecular flexibility index (Phi) is 4.48. The molecule has 0 aromatic heterocycles. The van der Waals surface area contributed by atoms with Crippen LogP contribution in [0, 0.1) is 23.2 Å². The number of hydrogen-bond donors (Lipinski definition) is 2. The highest BCUT2D eigenvalue weighted by Gasteiger charge is 2.56. The molecule has 4 saturated carbocycles. The molecule has 4 aliphatic carbocycles. The number of nitrogens with two attached hydrogens (primary N) is 1. The number of likely N-dealkylation sites (tertiary alicyclic amines) is 1. The number of benzene rings is 1. The Bertz CT molecular complexity index is 801. The summed E-state index contributed by atoms with van der Waals surface area (Å²) in [5.74, 6) is 2.91. The third-order valence-corrected chi connectivity index (χ3v) is 7.81. The van der Waals surface area contributed by atoms with E-state index < -0.39 is 0 Å². The van der Waals surface area contributed by atoms with Crippen LogP contribution in [0.2, 0.25) is 0 Å². The summed E-state index contributed by atoms with van der Waals surface area (Å²) in [6, 6.07) is 4.86. The van der Waals surface area contributed by atoms with Crippen molar-refractivity contribution < 1.29 is 14.3 Å². The van der Waals surface area contributed by atoms with Crippen LogP contribution in [0.15, 0.2) is 18.2 Å². The van der Waals surface area contributed by atoms with E-state index in [-0.39, 0.29) is 23.3 Å². The van der Waals surface area contributed by atoms with Gasteiger partial charge < -0.3 is 20.7 Å². The van der Waals surface area contributed by atoms with Crippen molar-refractivity contribution in [3.8, 4) is 5.75 Å². The summed E-state index contributed by atoms with van der Waals surface area (Å²) in [5, 5.41) is 2.97. The predicted octanol–water partition coefficient (Wildman–Crippen LogP) is 3.42. The lowest BCUT2D eigenvalue weighted by Crippen LogP contribution is -2.56. The third kappa shape index (κ3) is 3.17. The summed E-state index contributed by atoms with van der Waals surface area (Å²) in [6.07, 6.45) is 8.68. The molecule has 5 aliphatic rings. The minimum Gasteiger partial charge on any atom is -0.495 e. The molecule has 1 heterocycles. The molecule has 1 aromatic rings. The van der Waals surface area contributed by atoms with Crippen LogP contribution in [0.3, 0.4) is 0 Å². The van der Waals surface area contributed by atoms with Crippen LogP contribution in [0.5, 0.6) is 5.75 Å². The van der Waals surface area contributed by atoms with Crippen LogP contribution in [-0.2, 0) is 9.59 Å². The zero-order chi connectivity index (χ0) is 20.2. The molecule has 1 aromatic carbocycles. The third-order valence-electron chi connectivity index (χ3n) is 7.81. The Balaban J connectivity index is 1.31. The van der Waals surface area contributed by atoms with Gasteiger partial charge in [0.2, 0.25) is 11.8 Å². The highest BCUT2D eigenvalue weighted by molar-refractivity contribution is 5.98. The second-order valence-electron chi connectivity index (χ2n) is 9.80. The fourth-order valence-electron chi connectivity index (χ4n) is 7.00. The molecule has 4 bridgehead atoms. The summed E-state index contributed by atoms with van der Waals surface area (Å²) in [7, 11) is 1.57. The van der Waals surface area contributed by atoms with Crippen molar-refractivity contribution in [1.82, 2.24) is 4.90 Å². The standard InChI is InChI=1S/C23H31N3O3/c1-29-20-5-4-17(10-18(20)24)25-21(27)19-3-2-6-26(19)22(28)23-11-14-7-15(12-23)9-16(8-14)13-23/h4-5,10,14-16,19H,2-3,6-9,11-13,24H2,1H3,(H,25,27). The fourth-order valence-corrected chi connectivity index (χ4v) is 7.00. The van der Waals surface area contributed by atoms with Gasteiger partial charge >= 0.3 is 0 Å². The second kappa shape index (κ2) is 6.92. The van der Waals surface area contributed by atoms with E-state index in [1.807, 2.05) is 4.90 Å². The fraction of sp³-hybridized carbons (Fsp3) is 0.652. The van der Waals surface area contributed by atoms with Gasteiger partial charge in [0.15, 0.2) is 0 Å². The van der Waals surface area contributed by atoms with Gasteiger partial charge in [0.05, 0.1) is 18.2 Å². The molecule has 0 radical (unpaired) electrons. The Morgan fingerprint density at radius 2 is 1.79 bits per heavy atom. The van der Waals surface area contributed by atoms with Gasteiger partial charge in [0.1, 0.15) is 11.8 Å². The van der Waals surface area contributed by atoms with Crippen molar-refractivity contribution in [3.63, 3.8) is 0 Å². The summed E-state index contributed by atoms with van der Waals surface area (Å²) in [6.45, 7) is 0.698. The van der Waals surface area contributed by atoms with Crippen LogP contribution in [0.25, 0.3) is 0 Å². The predicted molar refractivity (Wildman–Crippen MR) is 111 cm³/mol. The van der Waals surface area contributed by atoms with Crippen molar-refractivity contribution in [1.29, 1.82) is 0 Å². The first kappa shape index (κ1) is 18.8. The van der Waals surface area contributed by atoms with E-state index >= 15 is 0 Å². The minimum atomic E-state index is -0.376. The van der Waals surface area contributed by atoms with Crippen LogP contribution < -0.4 is 15.8 Å². The number of nitrogens with one attached hydrogen (secondary N) is 1. The molecule has 156 valence electrons. The Hall–Kier alpha value is -2.24. The van der Waals surface area contributed by atoms with Crippen molar-refractivity contribution in [3.05, 3.63) is 18.2 Å². The molecule has 6 rings (SSSR count). The Labute approximate surface area is 172 Å². The van der Waals surface area contributed by atoms with Crippen molar-refractivity contribution in [2.45, 2.75) is 57.4 Å². The molecule has 1 saturated heterocycles. The molecule has 1 atom stereocenters. The van der Waals surface area contributed by atoms with Crippen LogP contribution in [0.4, 0.5) is 11.4 Å². The molecule has 29 heavy (non-hydrogen) atoms. The molecule has 2 amide bonds. The van der Waals surface area contributed by atoms with Gasteiger partial charge in [-0.15, -0.1) is 0 Å². The van der Waals surface area contributed by atoms with E-state index in [0.717, 1.165) is 49.9 Å². The first-order chi connectivity index (χ1) is 14.0. The van der Waals surface area contributed by atoms with Crippen molar-refractivity contribution in [2.24, 2.45) is 23.2 Å². The van der Waals surface area contributed by atoms with Crippen molar-refractivity contribution >= 4 is 23.2 Å². The lowest BCUT2D eigenvalue weighted by Gasteiger charge is -2.56. The first-order valence-corrected chi connectivity index (χ1v) is 11.0. The number of carbonyl (C=O) groups is 2. The number of rotatable bonds is 4. The minimum absolute atomic E-state index is 0.106. The summed E-state index contributed by atoms with van der Waals surface area (Å²) in [4.78, 5) is 28.7. The molecular formula is C23H31N3O3. The molecule has 6 nitrogen and oxygen atoms in total. The van der Waals surface area contributed by atoms with Crippen LogP contribution in [-0.4, -0.2) is 36.4 Å². The highest BCUT2D eigenvalue weighted by atomic mass is 16.5. The number of amides is 2. The van der Waals surface area contributed by atoms with Gasteiger partial charge in [-0.3, -0.25) is 9.59 Å². The molecular weight excluding hydrogens is 366 g/mol. The molecule has 1 aliphatic heterocycles. The summed E-state index contributed by atoms with van der Waals surface area (Å²) in [5.41, 5.74) is 6.90. The highest BCUT2D eigenvalue weighted by Crippen LogP contribution is 2.60. The van der Waals surface area contributed by atoms with Crippen LogP contribution in [0.1, 0.15) is 51.4 Å². The molecule has 6 heteroatoms. The maximum Gasteiger partial charge on any atom is 0.247 e. The van der Waals surface area contributed by atoms with Gasteiger partial charge in [-0.2, -0.15) is 0 Å². The number of nitrogens with zero attached hydrogens (tertiary/aromatic N) is 1. The van der Waals surface area contributed by atoms with Gasteiger partial charge in [-0.05, 0) is 87.3 Å². The smallest absolute Gasteiger partial charge is 0.247 e. The SMILES string of the molecule is COc1ccc(NC(=O)C2CCCN2C(=O)C23CC4CC(CC(C4)C2)C3)cc1N. The molecule has 0 spiro atoms. The number of methoxy groups -OCH3 is 1. The number of nitrogen functional groups attached to an aromatic ring is 1. The maximum absolute atomic E-state index is 13.7. The van der Waals surface area contributed by atoms with Gasteiger partial charge in [-0.25, -0.2) is 0 Å². The number of anilines is 2. The second-order valence-corrected chi connectivity index (χ2v) is 9.80. The summed E-state index contributed by atoms with van der Waals surface area (Å²) >= 11 is 0.